The maximum Gasteiger partial charge on any atom is 0.251 e. The van der Waals surface area contributed by atoms with Gasteiger partial charge in [0, 0.05) is 43.3 Å². The van der Waals surface area contributed by atoms with Crippen molar-refractivity contribution in [3.63, 3.8) is 0 Å². The number of benzene rings is 2. The Bertz CT molecular complexity index is 911. The van der Waals surface area contributed by atoms with Crippen molar-refractivity contribution in [3.05, 3.63) is 65.5 Å². The first-order valence-corrected chi connectivity index (χ1v) is 10.7. The number of nitrogens with one attached hydrogen (secondary N) is 4. The molecule has 2 amide bonds. The molecule has 7 nitrogen and oxygen atoms in total. The van der Waals surface area contributed by atoms with Gasteiger partial charge in [0.15, 0.2) is 0 Å². The van der Waals surface area contributed by atoms with Crippen LogP contribution in [0.25, 0.3) is 0 Å². The molecule has 0 aromatic heterocycles. The van der Waals surface area contributed by atoms with E-state index in [1.54, 1.807) is 24.3 Å². The number of likely N-dealkylation sites (tertiary alicyclic amines) is 1. The quantitative estimate of drug-likeness (QED) is 0.592. The lowest BCUT2D eigenvalue weighted by Crippen LogP contribution is -2.51. The third-order valence-electron chi connectivity index (χ3n) is 5.93. The van der Waals surface area contributed by atoms with Gasteiger partial charge in [0.25, 0.3) is 5.91 Å². The molecule has 2 aliphatic heterocycles. The SMILES string of the molecule is CC(=O)Nc1ccc(C(=O)NC2CCN(C3CC(c4ccc(F)cc4)NN3)CC2)cc1. The van der Waals surface area contributed by atoms with E-state index in [1.807, 2.05) is 12.1 Å². The molecule has 0 radical (unpaired) electrons. The van der Waals surface area contributed by atoms with Crippen molar-refractivity contribution >= 4 is 17.5 Å². The Morgan fingerprint density at radius 2 is 1.68 bits per heavy atom. The summed E-state index contributed by atoms with van der Waals surface area (Å²) in [5, 5.41) is 5.82. The van der Waals surface area contributed by atoms with Crippen molar-refractivity contribution in [3.8, 4) is 0 Å². The van der Waals surface area contributed by atoms with Crippen LogP contribution in [-0.2, 0) is 4.79 Å². The van der Waals surface area contributed by atoms with Crippen LogP contribution in [0.5, 0.6) is 0 Å². The average molecular weight is 426 g/mol. The first-order valence-electron chi connectivity index (χ1n) is 10.7. The Balaban J connectivity index is 1.24. The standard InChI is InChI=1S/C23H28FN5O2/c1-15(30)25-19-8-4-17(5-9-19)23(31)26-20-10-12-29(13-11-20)22-14-21(27-28-22)16-2-6-18(24)7-3-16/h2-9,20-22,27-28H,10-14H2,1H3,(H,25,30)(H,26,31). The molecule has 2 fully saturated rings. The summed E-state index contributed by atoms with van der Waals surface area (Å²) in [4.78, 5) is 26.0. The molecule has 0 saturated carbocycles. The Hall–Kier alpha value is -2.81. The first-order chi connectivity index (χ1) is 15.0. The molecule has 0 bridgehead atoms. The number of carbonyl (C=O) groups is 2. The van der Waals surface area contributed by atoms with E-state index in [9.17, 15) is 14.0 Å². The van der Waals surface area contributed by atoms with Crippen molar-refractivity contribution in [1.82, 2.24) is 21.1 Å². The predicted molar refractivity (Wildman–Crippen MR) is 117 cm³/mol. The molecular formula is C23H28FN5O2. The van der Waals surface area contributed by atoms with Gasteiger partial charge >= 0.3 is 0 Å². The minimum absolute atomic E-state index is 0.0927. The fourth-order valence-electron chi connectivity index (χ4n) is 4.23. The summed E-state index contributed by atoms with van der Waals surface area (Å²) < 4.78 is 13.2. The molecule has 2 unspecified atom stereocenters. The first kappa shape index (κ1) is 21.4. The number of carbonyl (C=O) groups excluding carboxylic acids is 2. The lowest BCUT2D eigenvalue weighted by Gasteiger charge is -2.35. The lowest BCUT2D eigenvalue weighted by molar-refractivity contribution is -0.114. The van der Waals surface area contributed by atoms with Gasteiger partial charge in [0.1, 0.15) is 5.82 Å². The number of hydrazine groups is 1. The highest BCUT2D eigenvalue weighted by molar-refractivity contribution is 5.95. The van der Waals surface area contributed by atoms with Crippen molar-refractivity contribution in [2.75, 3.05) is 18.4 Å². The zero-order valence-electron chi connectivity index (χ0n) is 17.5. The van der Waals surface area contributed by atoms with Gasteiger partial charge in [-0.1, -0.05) is 12.1 Å². The van der Waals surface area contributed by atoms with E-state index in [1.165, 1.54) is 19.1 Å². The molecule has 2 aliphatic rings. The van der Waals surface area contributed by atoms with Crippen LogP contribution in [0.3, 0.4) is 0 Å². The maximum atomic E-state index is 13.2. The molecule has 31 heavy (non-hydrogen) atoms. The Labute approximate surface area is 181 Å². The third kappa shape index (κ3) is 5.46. The average Bonchev–Trinajstić information content (AvgIpc) is 3.25. The minimum Gasteiger partial charge on any atom is -0.349 e. The number of piperidine rings is 1. The lowest BCUT2D eigenvalue weighted by atomic mass is 10.0. The van der Waals surface area contributed by atoms with E-state index in [0.717, 1.165) is 37.9 Å². The zero-order valence-corrected chi connectivity index (χ0v) is 17.5. The van der Waals surface area contributed by atoms with Gasteiger partial charge in [-0.25, -0.2) is 15.2 Å². The zero-order chi connectivity index (χ0) is 21.8. The molecule has 2 aromatic carbocycles. The molecule has 2 aromatic rings. The van der Waals surface area contributed by atoms with Gasteiger partial charge in [-0.15, -0.1) is 0 Å². The van der Waals surface area contributed by atoms with Gasteiger partial charge in [0.2, 0.25) is 5.91 Å². The highest BCUT2D eigenvalue weighted by Gasteiger charge is 2.32. The molecule has 0 spiro atoms. The van der Waals surface area contributed by atoms with Gasteiger partial charge in [0.05, 0.1) is 6.17 Å². The maximum absolute atomic E-state index is 13.2. The number of rotatable bonds is 5. The van der Waals surface area contributed by atoms with Gasteiger partial charge in [-0.2, -0.15) is 0 Å². The summed E-state index contributed by atoms with van der Waals surface area (Å²) in [6.07, 6.45) is 2.89. The Morgan fingerprint density at radius 3 is 2.32 bits per heavy atom. The largest absolute Gasteiger partial charge is 0.349 e. The third-order valence-corrected chi connectivity index (χ3v) is 5.93. The summed E-state index contributed by atoms with van der Waals surface area (Å²) >= 11 is 0. The molecular weight excluding hydrogens is 397 g/mol. The molecule has 2 atom stereocenters. The summed E-state index contributed by atoms with van der Waals surface area (Å²) in [5.74, 6) is -0.455. The van der Waals surface area contributed by atoms with Crippen LogP contribution in [-0.4, -0.2) is 42.0 Å². The van der Waals surface area contributed by atoms with Crippen molar-refractivity contribution in [2.24, 2.45) is 0 Å². The van der Waals surface area contributed by atoms with Crippen molar-refractivity contribution in [1.29, 1.82) is 0 Å². The number of nitrogens with zero attached hydrogens (tertiary/aromatic N) is 1. The number of amides is 2. The van der Waals surface area contributed by atoms with Crippen molar-refractivity contribution < 1.29 is 14.0 Å². The Morgan fingerprint density at radius 1 is 1.00 bits per heavy atom. The summed E-state index contributed by atoms with van der Waals surface area (Å²) in [6.45, 7) is 3.23. The van der Waals surface area contributed by atoms with Crippen LogP contribution in [0.15, 0.2) is 48.5 Å². The van der Waals surface area contributed by atoms with E-state index in [-0.39, 0.29) is 35.9 Å². The fraction of sp³-hybridized carbons (Fsp3) is 0.391. The summed E-state index contributed by atoms with van der Waals surface area (Å²) in [6, 6.07) is 13.8. The van der Waals surface area contributed by atoms with Crippen LogP contribution >= 0.6 is 0 Å². The smallest absolute Gasteiger partial charge is 0.251 e. The highest BCUT2D eigenvalue weighted by atomic mass is 19.1. The Kier molecular flexibility index (Phi) is 6.60. The minimum atomic E-state index is -0.223. The van der Waals surface area contributed by atoms with Crippen LogP contribution in [0, 0.1) is 5.82 Å². The van der Waals surface area contributed by atoms with Crippen LogP contribution in [0.4, 0.5) is 10.1 Å². The number of halogens is 1. The van der Waals surface area contributed by atoms with Crippen LogP contribution < -0.4 is 21.5 Å². The number of hydrogen-bond donors (Lipinski definition) is 4. The molecule has 4 rings (SSSR count). The van der Waals surface area contributed by atoms with E-state index >= 15 is 0 Å². The molecule has 2 heterocycles. The summed E-state index contributed by atoms with van der Waals surface area (Å²) in [5.41, 5.74) is 9.00. The summed E-state index contributed by atoms with van der Waals surface area (Å²) in [7, 11) is 0. The molecule has 2 saturated heterocycles. The monoisotopic (exact) mass is 425 g/mol. The molecule has 4 N–H and O–H groups in total. The van der Waals surface area contributed by atoms with E-state index < -0.39 is 0 Å². The van der Waals surface area contributed by atoms with Gasteiger partial charge in [-0.05, 0) is 61.2 Å². The highest BCUT2D eigenvalue weighted by Crippen LogP contribution is 2.26. The second kappa shape index (κ2) is 9.55. The fourth-order valence-corrected chi connectivity index (χ4v) is 4.23. The number of hydrogen-bond acceptors (Lipinski definition) is 5. The van der Waals surface area contributed by atoms with Gasteiger partial charge < -0.3 is 10.6 Å². The molecule has 8 heteroatoms. The number of anilines is 1. The van der Waals surface area contributed by atoms with Crippen LogP contribution in [0.1, 0.15) is 48.1 Å². The topological polar surface area (TPSA) is 85.5 Å². The van der Waals surface area contributed by atoms with E-state index in [2.05, 4.69) is 26.4 Å². The second-order valence-corrected chi connectivity index (χ2v) is 8.19. The van der Waals surface area contributed by atoms with Crippen LogP contribution in [0.2, 0.25) is 0 Å². The molecule has 0 aliphatic carbocycles. The van der Waals surface area contributed by atoms with Gasteiger partial charge in [-0.3, -0.25) is 14.5 Å². The normalized spacial score (nSPS) is 22.3. The van der Waals surface area contributed by atoms with E-state index in [0.29, 0.717) is 11.3 Å². The van der Waals surface area contributed by atoms with Crippen molar-refractivity contribution in [2.45, 2.75) is 44.4 Å². The van der Waals surface area contributed by atoms with E-state index in [4.69, 9.17) is 0 Å². The molecule has 164 valence electrons. The second-order valence-electron chi connectivity index (χ2n) is 8.19. The predicted octanol–water partition coefficient (Wildman–Crippen LogP) is 2.54.